The molecular weight excluding hydrogens is 215 g/mol. The largest absolute Gasteiger partial charge is 0.316 e. The summed E-state index contributed by atoms with van der Waals surface area (Å²) in [6.45, 7) is 1.78. The van der Waals surface area contributed by atoms with Gasteiger partial charge < -0.3 is 5.32 Å². The summed E-state index contributed by atoms with van der Waals surface area (Å²) in [6.07, 6.45) is -1.00. The minimum atomic E-state index is -2.53. The maximum absolute atomic E-state index is 13.4. The van der Waals surface area contributed by atoms with Gasteiger partial charge >= 0.3 is 0 Å². The van der Waals surface area contributed by atoms with Crippen molar-refractivity contribution in [2.75, 3.05) is 13.1 Å². The Morgan fingerprint density at radius 2 is 2.19 bits per heavy atom. The minimum absolute atomic E-state index is 0.0950. The maximum atomic E-state index is 13.4. The zero-order valence-electron chi connectivity index (χ0n) is 8.85. The summed E-state index contributed by atoms with van der Waals surface area (Å²) in [4.78, 5) is 0. The van der Waals surface area contributed by atoms with Crippen molar-refractivity contribution >= 4 is 0 Å². The summed E-state index contributed by atoms with van der Waals surface area (Å²) in [7, 11) is 0. The number of rotatable bonds is 3. The van der Waals surface area contributed by atoms with E-state index in [9.17, 15) is 13.2 Å². The third kappa shape index (κ3) is 2.55. The highest BCUT2D eigenvalue weighted by molar-refractivity contribution is 5.26. The van der Waals surface area contributed by atoms with Gasteiger partial charge in [-0.3, -0.25) is 0 Å². The maximum Gasteiger partial charge on any atom is 0.263 e. The van der Waals surface area contributed by atoms with Gasteiger partial charge in [0.05, 0.1) is 0 Å². The molecule has 1 saturated heterocycles. The van der Waals surface area contributed by atoms with Crippen LogP contribution in [-0.4, -0.2) is 13.1 Å². The summed E-state index contributed by atoms with van der Waals surface area (Å²) in [5.74, 6) is -0.0151. The van der Waals surface area contributed by atoms with Gasteiger partial charge in [-0.1, -0.05) is 6.07 Å². The summed E-state index contributed by atoms with van der Waals surface area (Å²) < 4.78 is 38.3. The molecule has 1 N–H and O–H groups in total. The summed E-state index contributed by atoms with van der Waals surface area (Å²) >= 11 is 0. The molecule has 16 heavy (non-hydrogen) atoms. The Kier molecular flexibility index (Phi) is 3.49. The highest BCUT2D eigenvalue weighted by Gasteiger charge is 2.18. The molecule has 1 heterocycles. The van der Waals surface area contributed by atoms with E-state index in [1.165, 1.54) is 6.07 Å². The molecule has 88 valence electrons. The van der Waals surface area contributed by atoms with Crippen LogP contribution < -0.4 is 5.32 Å². The second kappa shape index (κ2) is 4.87. The molecule has 4 heteroatoms. The standard InChI is InChI=1S/C12H14F3N/c13-11-2-1-9(12(14)15)6-10(11)5-8-3-4-16-7-8/h1-2,6,8,12,16H,3-5,7H2. The highest BCUT2D eigenvalue weighted by atomic mass is 19.3. The lowest BCUT2D eigenvalue weighted by Crippen LogP contribution is -2.11. The summed E-state index contributed by atoms with van der Waals surface area (Å²) in [6, 6.07) is 3.58. The molecule has 0 bridgehead atoms. The SMILES string of the molecule is Fc1ccc(C(F)F)cc1CC1CCNC1. The molecule has 1 atom stereocenters. The molecule has 1 nitrogen and oxygen atoms in total. The first-order valence-electron chi connectivity index (χ1n) is 5.44. The van der Waals surface area contributed by atoms with E-state index in [1.54, 1.807) is 0 Å². The van der Waals surface area contributed by atoms with E-state index < -0.39 is 6.43 Å². The number of hydrogen-bond donors (Lipinski definition) is 1. The van der Waals surface area contributed by atoms with Crippen LogP contribution in [0.2, 0.25) is 0 Å². The lowest BCUT2D eigenvalue weighted by Gasteiger charge is -2.10. The van der Waals surface area contributed by atoms with Crippen molar-refractivity contribution in [1.29, 1.82) is 0 Å². The molecule has 1 aliphatic rings. The van der Waals surface area contributed by atoms with E-state index in [0.717, 1.165) is 31.6 Å². The van der Waals surface area contributed by atoms with E-state index in [1.807, 2.05) is 0 Å². The molecule has 1 aromatic carbocycles. The van der Waals surface area contributed by atoms with Crippen LogP contribution in [0.5, 0.6) is 0 Å². The highest BCUT2D eigenvalue weighted by Crippen LogP contribution is 2.24. The smallest absolute Gasteiger partial charge is 0.263 e. The Morgan fingerprint density at radius 3 is 2.81 bits per heavy atom. The Hall–Kier alpha value is -1.03. The van der Waals surface area contributed by atoms with E-state index in [2.05, 4.69) is 5.32 Å². The van der Waals surface area contributed by atoms with Crippen LogP contribution >= 0.6 is 0 Å². The van der Waals surface area contributed by atoms with Gasteiger partial charge in [0.2, 0.25) is 0 Å². The van der Waals surface area contributed by atoms with Gasteiger partial charge in [-0.2, -0.15) is 0 Å². The quantitative estimate of drug-likeness (QED) is 0.840. The van der Waals surface area contributed by atoms with Crippen molar-refractivity contribution in [2.45, 2.75) is 19.3 Å². The average molecular weight is 229 g/mol. The van der Waals surface area contributed by atoms with Gasteiger partial charge in [0.25, 0.3) is 6.43 Å². The van der Waals surface area contributed by atoms with Gasteiger partial charge in [0.15, 0.2) is 0 Å². The monoisotopic (exact) mass is 229 g/mol. The van der Waals surface area contributed by atoms with Crippen molar-refractivity contribution in [3.63, 3.8) is 0 Å². The van der Waals surface area contributed by atoms with E-state index >= 15 is 0 Å². The van der Waals surface area contributed by atoms with E-state index in [0.29, 0.717) is 17.9 Å². The van der Waals surface area contributed by atoms with Gasteiger partial charge in [-0.05, 0) is 49.5 Å². The molecule has 0 saturated carbocycles. The number of hydrogen-bond acceptors (Lipinski definition) is 1. The fourth-order valence-corrected chi connectivity index (χ4v) is 2.09. The first kappa shape index (κ1) is 11.5. The predicted octanol–water partition coefficient (Wildman–Crippen LogP) is 2.92. The van der Waals surface area contributed by atoms with Crippen molar-refractivity contribution in [3.8, 4) is 0 Å². The van der Waals surface area contributed by atoms with Crippen molar-refractivity contribution in [3.05, 3.63) is 35.1 Å². The van der Waals surface area contributed by atoms with Crippen LogP contribution in [0.3, 0.4) is 0 Å². The van der Waals surface area contributed by atoms with Crippen molar-refractivity contribution in [2.24, 2.45) is 5.92 Å². The molecule has 0 aliphatic carbocycles. The van der Waals surface area contributed by atoms with E-state index in [-0.39, 0.29) is 11.4 Å². The molecule has 0 radical (unpaired) electrons. The van der Waals surface area contributed by atoms with E-state index in [4.69, 9.17) is 0 Å². The fourth-order valence-electron chi connectivity index (χ4n) is 2.09. The van der Waals surface area contributed by atoms with Crippen LogP contribution in [0.1, 0.15) is 24.0 Å². The minimum Gasteiger partial charge on any atom is -0.316 e. The lowest BCUT2D eigenvalue weighted by atomic mass is 9.97. The molecule has 1 unspecified atom stereocenters. The molecule has 0 spiro atoms. The molecule has 2 rings (SSSR count). The molecule has 1 aromatic rings. The topological polar surface area (TPSA) is 12.0 Å². The Morgan fingerprint density at radius 1 is 1.38 bits per heavy atom. The van der Waals surface area contributed by atoms with Crippen molar-refractivity contribution in [1.82, 2.24) is 5.32 Å². The molecule has 0 amide bonds. The third-order valence-electron chi connectivity index (χ3n) is 2.99. The van der Waals surface area contributed by atoms with Gasteiger partial charge in [-0.15, -0.1) is 0 Å². The average Bonchev–Trinajstić information content (AvgIpc) is 2.73. The number of alkyl halides is 2. The van der Waals surface area contributed by atoms with Crippen LogP contribution in [0.25, 0.3) is 0 Å². The van der Waals surface area contributed by atoms with Gasteiger partial charge in [0.1, 0.15) is 5.82 Å². The van der Waals surface area contributed by atoms with Crippen LogP contribution in [0.15, 0.2) is 18.2 Å². The number of halogens is 3. The first-order chi connectivity index (χ1) is 7.66. The second-order valence-corrected chi connectivity index (χ2v) is 4.21. The second-order valence-electron chi connectivity index (χ2n) is 4.21. The first-order valence-corrected chi connectivity index (χ1v) is 5.44. The Balaban J connectivity index is 2.14. The normalized spacial score (nSPS) is 20.6. The van der Waals surface area contributed by atoms with Gasteiger partial charge in [0, 0.05) is 5.56 Å². The predicted molar refractivity (Wildman–Crippen MR) is 56.0 cm³/mol. The van der Waals surface area contributed by atoms with Crippen LogP contribution in [0.4, 0.5) is 13.2 Å². The fraction of sp³-hybridized carbons (Fsp3) is 0.500. The Labute approximate surface area is 92.7 Å². The molecule has 0 aromatic heterocycles. The Bertz CT molecular complexity index is 359. The lowest BCUT2D eigenvalue weighted by molar-refractivity contribution is 0.151. The molecule has 1 fully saturated rings. The summed E-state index contributed by atoms with van der Waals surface area (Å²) in [5.41, 5.74) is 0.314. The number of nitrogens with one attached hydrogen (secondary N) is 1. The van der Waals surface area contributed by atoms with Crippen LogP contribution in [0, 0.1) is 11.7 Å². The molecular formula is C12H14F3N. The summed E-state index contributed by atoms with van der Waals surface area (Å²) in [5, 5.41) is 3.18. The van der Waals surface area contributed by atoms with Gasteiger partial charge in [-0.25, -0.2) is 13.2 Å². The van der Waals surface area contributed by atoms with Crippen molar-refractivity contribution < 1.29 is 13.2 Å². The number of benzene rings is 1. The third-order valence-corrected chi connectivity index (χ3v) is 2.99. The zero-order chi connectivity index (χ0) is 11.5. The van der Waals surface area contributed by atoms with Crippen LogP contribution in [-0.2, 0) is 6.42 Å². The molecule has 1 aliphatic heterocycles. The zero-order valence-corrected chi connectivity index (χ0v) is 8.85.